The zero-order chi connectivity index (χ0) is 16.9. The van der Waals surface area contributed by atoms with E-state index in [0.717, 1.165) is 11.0 Å². The van der Waals surface area contributed by atoms with Crippen LogP contribution < -0.4 is 9.47 Å². The number of rotatable bonds is 5. The van der Waals surface area contributed by atoms with Crippen molar-refractivity contribution in [2.45, 2.75) is 13.0 Å². The predicted molar refractivity (Wildman–Crippen MR) is 88.2 cm³/mol. The Hall–Kier alpha value is -3.15. The lowest BCUT2D eigenvalue weighted by Gasteiger charge is -2.12. The highest BCUT2D eigenvalue weighted by Gasteiger charge is 2.14. The van der Waals surface area contributed by atoms with Crippen LogP contribution in [0.3, 0.4) is 0 Å². The van der Waals surface area contributed by atoms with Crippen molar-refractivity contribution >= 4 is 17.0 Å². The van der Waals surface area contributed by atoms with Crippen molar-refractivity contribution < 1.29 is 19.0 Å². The highest BCUT2D eigenvalue weighted by atomic mass is 16.6. The van der Waals surface area contributed by atoms with Gasteiger partial charge >= 0.3 is 5.97 Å². The van der Waals surface area contributed by atoms with Crippen LogP contribution in [0, 0.1) is 0 Å². The number of aromatic nitrogens is 2. The van der Waals surface area contributed by atoms with Crippen LogP contribution in [0.25, 0.3) is 11.0 Å². The Kier molecular flexibility index (Phi) is 4.56. The Morgan fingerprint density at radius 3 is 2.38 bits per heavy atom. The summed E-state index contributed by atoms with van der Waals surface area (Å²) in [5.41, 5.74) is 1.58. The summed E-state index contributed by atoms with van der Waals surface area (Å²) < 4.78 is 15.8. The molecule has 1 aromatic heterocycles. The van der Waals surface area contributed by atoms with Crippen LogP contribution in [0.1, 0.15) is 6.92 Å². The van der Waals surface area contributed by atoms with E-state index < -0.39 is 12.1 Å². The largest absolute Gasteiger partial charge is 0.479 e. The number of nitrogens with zero attached hydrogens (tertiary/aromatic N) is 2. The average molecular weight is 324 g/mol. The summed E-state index contributed by atoms with van der Waals surface area (Å²) in [5.74, 6) is 1.12. The van der Waals surface area contributed by atoms with E-state index in [1.54, 1.807) is 37.4 Å². The minimum absolute atomic E-state index is 0.408. The zero-order valence-electron chi connectivity index (χ0n) is 13.3. The van der Waals surface area contributed by atoms with E-state index in [1.165, 1.54) is 7.11 Å². The number of fused-ring (bicyclic) bond motifs is 1. The van der Waals surface area contributed by atoms with Gasteiger partial charge in [-0.25, -0.2) is 14.8 Å². The van der Waals surface area contributed by atoms with Crippen molar-refractivity contribution in [3.8, 4) is 17.4 Å². The molecule has 6 heteroatoms. The van der Waals surface area contributed by atoms with Gasteiger partial charge in [-0.1, -0.05) is 12.1 Å². The molecular weight excluding hydrogens is 308 g/mol. The summed E-state index contributed by atoms with van der Waals surface area (Å²) >= 11 is 0. The van der Waals surface area contributed by atoms with Gasteiger partial charge in [-0.2, -0.15) is 0 Å². The fourth-order valence-corrected chi connectivity index (χ4v) is 2.11. The highest BCUT2D eigenvalue weighted by molar-refractivity contribution is 5.74. The molecule has 0 aliphatic rings. The van der Waals surface area contributed by atoms with Gasteiger partial charge in [0, 0.05) is 0 Å². The first-order valence-corrected chi connectivity index (χ1v) is 7.40. The normalized spacial score (nSPS) is 11.8. The molecule has 0 aliphatic heterocycles. The molecule has 1 atom stereocenters. The van der Waals surface area contributed by atoms with Crippen LogP contribution in [0.4, 0.5) is 0 Å². The number of benzene rings is 2. The molecule has 122 valence electrons. The fraction of sp³-hybridized carbons (Fsp3) is 0.167. The van der Waals surface area contributed by atoms with E-state index in [2.05, 4.69) is 14.7 Å². The third-order valence-electron chi connectivity index (χ3n) is 3.32. The number of carbonyl (C=O) groups is 1. The lowest BCUT2D eigenvalue weighted by Crippen LogP contribution is -2.24. The van der Waals surface area contributed by atoms with Crippen LogP contribution in [-0.2, 0) is 9.53 Å². The summed E-state index contributed by atoms with van der Waals surface area (Å²) in [6.45, 7) is 1.63. The van der Waals surface area contributed by atoms with Gasteiger partial charge < -0.3 is 14.2 Å². The van der Waals surface area contributed by atoms with Gasteiger partial charge in [0.2, 0.25) is 5.88 Å². The second-order valence-corrected chi connectivity index (χ2v) is 5.05. The van der Waals surface area contributed by atoms with Crippen LogP contribution in [-0.4, -0.2) is 29.2 Å². The molecule has 1 heterocycles. The van der Waals surface area contributed by atoms with Crippen LogP contribution in [0.5, 0.6) is 17.4 Å². The smallest absolute Gasteiger partial charge is 0.346 e. The minimum atomic E-state index is -0.673. The molecule has 3 aromatic rings. The first-order chi connectivity index (χ1) is 11.7. The van der Waals surface area contributed by atoms with Crippen molar-refractivity contribution in [3.05, 3.63) is 54.7 Å². The average Bonchev–Trinajstić information content (AvgIpc) is 2.62. The maximum absolute atomic E-state index is 11.3. The Bertz CT molecular complexity index is 849. The molecule has 0 amide bonds. The third-order valence-corrected chi connectivity index (χ3v) is 3.32. The van der Waals surface area contributed by atoms with Crippen molar-refractivity contribution in [1.29, 1.82) is 0 Å². The van der Waals surface area contributed by atoms with Crippen LogP contribution >= 0.6 is 0 Å². The number of esters is 1. The van der Waals surface area contributed by atoms with Gasteiger partial charge in [-0.3, -0.25) is 0 Å². The Labute approximate surface area is 139 Å². The van der Waals surface area contributed by atoms with Crippen LogP contribution in [0.15, 0.2) is 54.7 Å². The lowest BCUT2D eigenvalue weighted by atomic mass is 10.3. The molecule has 0 aliphatic carbocycles. The molecule has 0 bridgehead atoms. The van der Waals surface area contributed by atoms with Gasteiger partial charge in [0.1, 0.15) is 11.5 Å². The second kappa shape index (κ2) is 6.95. The number of hydrogen-bond acceptors (Lipinski definition) is 6. The maximum atomic E-state index is 11.3. The van der Waals surface area contributed by atoms with Crippen molar-refractivity contribution in [3.63, 3.8) is 0 Å². The van der Waals surface area contributed by atoms with Crippen molar-refractivity contribution in [2.24, 2.45) is 0 Å². The lowest BCUT2D eigenvalue weighted by molar-refractivity contribution is -0.147. The van der Waals surface area contributed by atoms with Gasteiger partial charge in [-0.05, 0) is 43.3 Å². The van der Waals surface area contributed by atoms with E-state index in [4.69, 9.17) is 9.47 Å². The molecule has 1 unspecified atom stereocenters. The standard InChI is InChI=1S/C18H16N2O4/c1-12(18(21)22-2)23-13-7-9-14(10-8-13)24-17-11-19-15-5-3-4-6-16(15)20-17/h3-12H,1-2H3. The van der Waals surface area contributed by atoms with Gasteiger partial charge in [-0.15, -0.1) is 0 Å². The molecule has 6 nitrogen and oxygen atoms in total. The summed E-state index contributed by atoms with van der Waals surface area (Å²) in [5, 5.41) is 0. The molecule has 2 aromatic carbocycles. The first-order valence-electron chi connectivity index (χ1n) is 7.40. The zero-order valence-corrected chi connectivity index (χ0v) is 13.3. The van der Waals surface area contributed by atoms with Crippen molar-refractivity contribution in [2.75, 3.05) is 7.11 Å². The SMILES string of the molecule is COC(=O)C(C)Oc1ccc(Oc2cnc3ccccc3n2)cc1. The summed E-state index contributed by atoms with van der Waals surface area (Å²) in [6.07, 6.45) is 0.902. The molecule has 0 radical (unpaired) electrons. The van der Waals surface area contributed by atoms with E-state index in [1.807, 2.05) is 24.3 Å². The molecule has 0 spiro atoms. The molecule has 3 rings (SSSR count). The van der Waals surface area contributed by atoms with Gasteiger partial charge in [0.15, 0.2) is 6.10 Å². The molecule has 0 N–H and O–H groups in total. The van der Waals surface area contributed by atoms with Gasteiger partial charge in [0.05, 0.1) is 24.3 Å². The maximum Gasteiger partial charge on any atom is 0.346 e. The topological polar surface area (TPSA) is 70.5 Å². The highest BCUT2D eigenvalue weighted by Crippen LogP contribution is 2.24. The summed E-state index contributed by atoms with van der Waals surface area (Å²) in [7, 11) is 1.32. The number of carbonyl (C=O) groups excluding carboxylic acids is 1. The monoisotopic (exact) mass is 324 g/mol. The summed E-state index contributed by atoms with van der Waals surface area (Å²) in [6, 6.07) is 14.5. The van der Waals surface area contributed by atoms with E-state index in [-0.39, 0.29) is 0 Å². The molecule has 0 fully saturated rings. The third kappa shape index (κ3) is 3.60. The van der Waals surface area contributed by atoms with E-state index in [9.17, 15) is 4.79 Å². The van der Waals surface area contributed by atoms with Crippen molar-refractivity contribution in [1.82, 2.24) is 9.97 Å². The molecule has 0 saturated heterocycles. The predicted octanol–water partition coefficient (Wildman–Crippen LogP) is 3.36. The minimum Gasteiger partial charge on any atom is -0.479 e. The Balaban J connectivity index is 1.70. The van der Waals surface area contributed by atoms with E-state index in [0.29, 0.717) is 17.4 Å². The second-order valence-electron chi connectivity index (χ2n) is 5.05. The molecule has 0 saturated carbocycles. The van der Waals surface area contributed by atoms with Crippen LogP contribution in [0.2, 0.25) is 0 Å². The molecular formula is C18H16N2O4. The first kappa shape index (κ1) is 15.7. The van der Waals surface area contributed by atoms with Gasteiger partial charge in [0.25, 0.3) is 0 Å². The number of ether oxygens (including phenoxy) is 3. The Morgan fingerprint density at radius 2 is 1.67 bits per heavy atom. The number of hydrogen-bond donors (Lipinski definition) is 0. The Morgan fingerprint density at radius 1 is 1.00 bits per heavy atom. The molecule has 24 heavy (non-hydrogen) atoms. The number of methoxy groups -OCH3 is 1. The number of para-hydroxylation sites is 2. The fourth-order valence-electron chi connectivity index (χ4n) is 2.11. The van der Waals surface area contributed by atoms with E-state index >= 15 is 0 Å². The summed E-state index contributed by atoms with van der Waals surface area (Å²) in [4.78, 5) is 20.0. The quantitative estimate of drug-likeness (QED) is 0.670.